The molecule has 2 aromatic rings. The Morgan fingerprint density at radius 3 is 2.68 bits per heavy atom. The van der Waals surface area contributed by atoms with Crippen molar-refractivity contribution in [3.8, 4) is 11.5 Å². The third-order valence-corrected chi connectivity index (χ3v) is 6.06. The van der Waals surface area contributed by atoms with Crippen molar-refractivity contribution in [1.82, 2.24) is 19.0 Å². The van der Waals surface area contributed by atoms with Crippen LogP contribution in [0.1, 0.15) is 31.6 Å². The first kappa shape index (κ1) is 15.2. The van der Waals surface area contributed by atoms with Crippen molar-refractivity contribution in [2.75, 3.05) is 18.8 Å². The van der Waals surface area contributed by atoms with Crippen LogP contribution >= 0.6 is 0 Å². The van der Waals surface area contributed by atoms with Gasteiger partial charge in [-0.3, -0.25) is 0 Å². The fourth-order valence-electron chi connectivity index (χ4n) is 2.76. The van der Waals surface area contributed by atoms with E-state index in [1.807, 2.05) is 29.9 Å². The largest absolute Gasteiger partial charge is 0.348 e. The van der Waals surface area contributed by atoms with Gasteiger partial charge >= 0.3 is 0 Å². The van der Waals surface area contributed by atoms with Gasteiger partial charge in [-0.2, -0.15) is 4.98 Å². The lowest BCUT2D eigenvalue weighted by Gasteiger charge is -2.29. The van der Waals surface area contributed by atoms with Crippen molar-refractivity contribution in [3.05, 3.63) is 24.2 Å². The zero-order valence-corrected chi connectivity index (χ0v) is 13.6. The number of hydrogen-bond acceptors (Lipinski definition) is 5. The van der Waals surface area contributed by atoms with Crippen molar-refractivity contribution in [2.45, 2.75) is 25.7 Å². The second kappa shape index (κ2) is 5.85. The minimum absolute atomic E-state index is 0.129. The summed E-state index contributed by atoms with van der Waals surface area (Å²) in [4.78, 5) is 4.48. The highest BCUT2D eigenvalue weighted by Gasteiger charge is 2.30. The van der Waals surface area contributed by atoms with Gasteiger partial charge in [0, 0.05) is 32.3 Å². The predicted molar refractivity (Wildman–Crippen MR) is 81.7 cm³/mol. The van der Waals surface area contributed by atoms with Gasteiger partial charge in [-0.05, 0) is 31.9 Å². The van der Waals surface area contributed by atoms with Crippen LogP contribution in [0.15, 0.2) is 22.9 Å². The lowest BCUT2D eigenvalue weighted by Crippen LogP contribution is -2.38. The van der Waals surface area contributed by atoms with E-state index in [9.17, 15) is 8.42 Å². The maximum Gasteiger partial charge on any atom is 0.230 e. The lowest BCUT2D eigenvalue weighted by atomic mass is 9.98. The standard InChI is InChI=1S/C14H20N4O3S/c1-3-22(19,20)18-9-6-11(7-10-18)14-15-13(16-21-14)12-5-4-8-17(12)2/h4-5,8,11H,3,6-7,9-10H2,1-2H3. The minimum Gasteiger partial charge on any atom is -0.348 e. The molecule has 1 saturated heterocycles. The molecule has 1 aliphatic rings. The highest BCUT2D eigenvalue weighted by atomic mass is 32.2. The molecule has 0 saturated carbocycles. The summed E-state index contributed by atoms with van der Waals surface area (Å²) in [6.45, 7) is 2.71. The molecule has 0 spiro atoms. The molecule has 120 valence electrons. The number of aryl methyl sites for hydroxylation is 1. The van der Waals surface area contributed by atoms with E-state index in [4.69, 9.17) is 4.52 Å². The molecule has 7 nitrogen and oxygen atoms in total. The topological polar surface area (TPSA) is 81.2 Å². The van der Waals surface area contributed by atoms with Crippen LogP contribution in [0.25, 0.3) is 11.5 Å². The summed E-state index contributed by atoms with van der Waals surface area (Å²) in [5, 5.41) is 4.04. The Hall–Kier alpha value is -1.67. The normalized spacial score (nSPS) is 17.9. The number of sulfonamides is 1. The molecule has 1 aliphatic heterocycles. The molecule has 0 unspecified atom stereocenters. The van der Waals surface area contributed by atoms with Gasteiger partial charge in [0.05, 0.1) is 11.4 Å². The summed E-state index contributed by atoms with van der Waals surface area (Å²) in [5.41, 5.74) is 0.904. The van der Waals surface area contributed by atoms with Crippen molar-refractivity contribution >= 4 is 10.0 Å². The van der Waals surface area contributed by atoms with E-state index in [0.717, 1.165) is 5.69 Å². The van der Waals surface area contributed by atoms with E-state index < -0.39 is 10.0 Å². The third kappa shape index (κ3) is 2.80. The van der Waals surface area contributed by atoms with Gasteiger partial charge in [-0.25, -0.2) is 12.7 Å². The summed E-state index contributed by atoms with van der Waals surface area (Å²) in [6.07, 6.45) is 3.36. The molecular weight excluding hydrogens is 304 g/mol. The summed E-state index contributed by atoms with van der Waals surface area (Å²) in [7, 11) is -1.17. The van der Waals surface area contributed by atoms with Crippen molar-refractivity contribution in [3.63, 3.8) is 0 Å². The number of hydrogen-bond donors (Lipinski definition) is 0. The van der Waals surface area contributed by atoms with Crippen LogP contribution in [-0.4, -0.2) is 46.3 Å². The first-order valence-electron chi connectivity index (χ1n) is 7.44. The number of aromatic nitrogens is 3. The molecule has 0 N–H and O–H groups in total. The maximum atomic E-state index is 11.9. The molecule has 0 aromatic carbocycles. The second-order valence-corrected chi connectivity index (χ2v) is 7.79. The maximum absolute atomic E-state index is 11.9. The summed E-state index contributed by atoms with van der Waals surface area (Å²) in [6, 6.07) is 3.87. The Labute approximate surface area is 130 Å². The molecule has 0 radical (unpaired) electrons. The van der Waals surface area contributed by atoms with Crippen LogP contribution in [0.3, 0.4) is 0 Å². The SMILES string of the molecule is CCS(=O)(=O)N1CCC(c2nc(-c3cccn3C)no2)CC1. The van der Waals surface area contributed by atoms with E-state index in [1.54, 1.807) is 11.2 Å². The number of nitrogens with zero attached hydrogens (tertiary/aromatic N) is 4. The van der Waals surface area contributed by atoms with E-state index in [1.165, 1.54) is 0 Å². The average molecular weight is 324 g/mol. The van der Waals surface area contributed by atoms with E-state index in [-0.39, 0.29) is 11.7 Å². The van der Waals surface area contributed by atoms with Gasteiger partial charge in [-0.1, -0.05) is 5.16 Å². The fraction of sp³-hybridized carbons (Fsp3) is 0.571. The molecule has 2 aromatic heterocycles. The van der Waals surface area contributed by atoms with Gasteiger partial charge in [0.25, 0.3) is 0 Å². The first-order valence-corrected chi connectivity index (χ1v) is 9.05. The molecule has 3 heterocycles. The van der Waals surface area contributed by atoms with E-state index >= 15 is 0 Å². The molecular formula is C14H20N4O3S. The van der Waals surface area contributed by atoms with Crippen LogP contribution in [0.4, 0.5) is 0 Å². The van der Waals surface area contributed by atoms with Gasteiger partial charge < -0.3 is 9.09 Å². The average Bonchev–Trinajstić information content (AvgIpc) is 3.16. The Morgan fingerprint density at radius 2 is 2.09 bits per heavy atom. The summed E-state index contributed by atoms with van der Waals surface area (Å²) in [5.74, 6) is 1.45. The molecule has 0 atom stereocenters. The highest BCUT2D eigenvalue weighted by molar-refractivity contribution is 7.89. The van der Waals surface area contributed by atoms with Gasteiger partial charge in [0.1, 0.15) is 0 Å². The summed E-state index contributed by atoms with van der Waals surface area (Å²) < 4.78 is 32.6. The Balaban J connectivity index is 1.70. The van der Waals surface area contributed by atoms with Gasteiger partial charge in [-0.15, -0.1) is 0 Å². The molecule has 3 rings (SSSR count). The van der Waals surface area contributed by atoms with Crippen LogP contribution in [0.2, 0.25) is 0 Å². The van der Waals surface area contributed by atoms with Crippen LogP contribution in [0.5, 0.6) is 0 Å². The monoisotopic (exact) mass is 324 g/mol. The predicted octanol–water partition coefficient (Wildman–Crippen LogP) is 1.60. The Kier molecular flexibility index (Phi) is 4.05. The molecule has 8 heteroatoms. The van der Waals surface area contributed by atoms with Gasteiger partial charge in [0.15, 0.2) is 0 Å². The quantitative estimate of drug-likeness (QED) is 0.853. The highest BCUT2D eigenvalue weighted by Crippen LogP contribution is 2.29. The van der Waals surface area contributed by atoms with Crippen molar-refractivity contribution < 1.29 is 12.9 Å². The lowest BCUT2D eigenvalue weighted by molar-refractivity contribution is 0.271. The van der Waals surface area contributed by atoms with Crippen LogP contribution in [0, 0.1) is 0 Å². The molecule has 22 heavy (non-hydrogen) atoms. The molecule has 1 fully saturated rings. The molecule has 0 bridgehead atoms. The third-order valence-electron chi connectivity index (χ3n) is 4.18. The number of piperidine rings is 1. The zero-order chi connectivity index (χ0) is 15.7. The Bertz CT molecular complexity index is 742. The smallest absolute Gasteiger partial charge is 0.230 e. The molecule has 0 aliphatic carbocycles. The zero-order valence-electron chi connectivity index (χ0n) is 12.8. The van der Waals surface area contributed by atoms with Crippen LogP contribution in [-0.2, 0) is 17.1 Å². The van der Waals surface area contributed by atoms with Crippen LogP contribution < -0.4 is 0 Å². The second-order valence-electron chi connectivity index (χ2n) is 5.53. The minimum atomic E-state index is -3.10. The Morgan fingerprint density at radius 1 is 1.36 bits per heavy atom. The van der Waals surface area contributed by atoms with E-state index in [0.29, 0.717) is 37.6 Å². The van der Waals surface area contributed by atoms with Crippen molar-refractivity contribution in [2.24, 2.45) is 7.05 Å². The van der Waals surface area contributed by atoms with Crippen molar-refractivity contribution in [1.29, 1.82) is 0 Å². The fourth-order valence-corrected chi connectivity index (χ4v) is 3.89. The first-order chi connectivity index (χ1) is 10.5. The van der Waals surface area contributed by atoms with Gasteiger partial charge in [0.2, 0.25) is 21.7 Å². The summed E-state index contributed by atoms with van der Waals surface area (Å²) >= 11 is 0. The number of rotatable bonds is 4. The molecule has 0 amide bonds. The van der Waals surface area contributed by atoms with E-state index in [2.05, 4.69) is 10.1 Å².